The summed E-state index contributed by atoms with van der Waals surface area (Å²) in [5.74, 6) is 0.183. The predicted octanol–water partition coefficient (Wildman–Crippen LogP) is 1.43. The Bertz CT molecular complexity index is 302. The number of rotatable bonds is 3. The second-order valence-electron chi connectivity index (χ2n) is 2.31. The van der Waals surface area contributed by atoms with E-state index >= 15 is 0 Å². The van der Waals surface area contributed by atoms with E-state index < -0.39 is 6.09 Å². The number of hydrogen-bond donors (Lipinski definition) is 1. The van der Waals surface area contributed by atoms with Crippen LogP contribution in [-0.2, 0) is 4.74 Å². The van der Waals surface area contributed by atoms with E-state index in [1.54, 1.807) is 6.07 Å². The SMILES string of the molecule is COCNC(=O)Oc1ccc(Cl)cn1. The molecule has 0 spiro atoms. The Morgan fingerprint density at radius 3 is 3.00 bits per heavy atom. The highest BCUT2D eigenvalue weighted by atomic mass is 35.5. The van der Waals surface area contributed by atoms with Gasteiger partial charge in [0.05, 0.1) is 5.02 Å². The van der Waals surface area contributed by atoms with Crippen molar-refractivity contribution in [3.05, 3.63) is 23.4 Å². The average molecular weight is 217 g/mol. The van der Waals surface area contributed by atoms with Crippen LogP contribution in [0.25, 0.3) is 0 Å². The van der Waals surface area contributed by atoms with E-state index in [9.17, 15) is 4.79 Å². The van der Waals surface area contributed by atoms with Crippen molar-refractivity contribution >= 4 is 17.7 Å². The van der Waals surface area contributed by atoms with E-state index in [4.69, 9.17) is 16.3 Å². The van der Waals surface area contributed by atoms with Crippen molar-refractivity contribution in [3.8, 4) is 5.88 Å². The molecule has 0 aliphatic carbocycles. The largest absolute Gasteiger partial charge is 0.415 e. The fraction of sp³-hybridized carbons (Fsp3) is 0.250. The molecule has 5 nitrogen and oxygen atoms in total. The fourth-order valence-corrected chi connectivity index (χ4v) is 0.797. The third-order valence-electron chi connectivity index (χ3n) is 1.26. The van der Waals surface area contributed by atoms with Gasteiger partial charge in [0.1, 0.15) is 6.73 Å². The van der Waals surface area contributed by atoms with Gasteiger partial charge < -0.3 is 9.47 Å². The normalized spacial score (nSPS) is 9.57. The molecular weight excluding hydrogens is 208 g/mol. The monoisotopic (exact) mass is 216 g/mol. The van der Waals surface area contributed by atoms with Crippen LogP contribution in [0.2, 0.25) is 5.02 Å². The number of aromatic nitrogens is 1. The summed E-state index contributed by atoms with van der Waals surface area (Å²) in [6, 6.07) is 3.07. The second kappa shape index (κ2) is 5.41. The van der Waals surface area contributed by atoms with Crippen molar-refractivity contribution in [1.29, 1.82) is 0 Å². The summed E-state index contributed by atoms with van der Waals surface area (Å²) in [5, 5.41) is 2.82. The minimum Gasteiger partial charge on any atom is -0.391 e. The lowest BCUT2D eigenvalue weighted by Gasteiger charge is -2.04. The summed E-state index contributed by atoms with van der Waals surface area (Å²) >= 11 is 5.59. The number of nitrogens with one attached hydrogen (secondary N) is 1. The number of ether oxygens (including phenoxy) is 2. The highest BCUT2D eigenvalue weighted by Gasteiger charge is 2.03. The molecule has 76 valence electrons. The van der Waals surface area contributed by atoms with Gasteiger partial charge in [0.15, 0.2) is 0 Å². The number of hydrogen-bond acceptors (Lipinski definition) is 4. The summed E-state index contributed by atoms with van der Waals surface area (Å²) < 4.78 is 9.39. The maximum atomic E-state index is 11.0. The van der Waals surface area contributed by atoms with Crippen LogP contribution in [0, 0.1) is 0 Å². The van der Waals surface area contributed by atoms with E-state index in [2.05, 4.69) is 15.0 Å². The van der Waals surface area contributed by atoms with E-state index in [0.717, 1.165) is 0 Å². The first kappa shape index (κ1) is 10.7. The molecule has 0 unspecified atom stereocenters. The van der Waals surface area contributed by atoms with E-state index in [1.807, 2.05) is 0 Å². The van der Waals surface area contributed by atoms with Gasteiger partial charge >= 0.3 is 6.09 Å². The van der Waals surface area contributed by atoms with Gasteiger partial charge in [-0.25, -0.2) is 9.78 Å². The lowest BCUT2D eigenvalue weighted by molar-refractivity contribution is 0.152. The minimum atomic E-state index is -0.623. The van der Waals surface area contributed by atoms with Crippen LogP contribution in [0.4, 0.5) is 4.79 Å². The molecule has 0 fully saturated rings. The molecule has 1 amide bonds. The van der Waals surface area contributed by atoms with Gasteiger partial charge in [0, 0.05) is 19.4 Å². The zero-order valence-corrected chi connectivity index (χ0v) is 8.25. The molecule has 0 atom stereocenters. The molecule has 0 radical (unpaired) electrons. The maximum Gasteiger partial charge on any atom is 0.415 e. The van der Waals surface area contributed by atoms with Crippen molar-refractivity contribution < 1.29 is 14.3 Å². The van der Waals surface area contributed by atoms with Crippen LogP contribution in [0.5, 0.6) is 5.88 Å². The number of nitrogens with zero attached hydrogens (tertiary/aromatic N) is 1. The quantitative estimate of drug-likeness (QED) is 0.777. The average Bonchev–Trinajstić information content (AvgIpc) is 2.18. The Morgan fingerprint density at radius 2 is 2.43 bits per heavy atom. The highest BCUT2D eigenvalue weighted by molar-refractivity contribution is 6.30. The standard InChI is InChI=1S/C8H9ClN2O3/c1-13-5-11-8(12)14-7-3-2-6(9)4-10-7/h2-4H,5H2,1H3,(H,11,12). The van der Waals surface area contributed by atoms with E-state index in [1.165, 1.54) is 19.4 Å². The molecule has 0 aliphatic heterocycles. The zero-order valence-electron chi connectivity index (χ0n) is 7.49. The van der Waals surface area contributed by atoms with Crippen molar-refractivity contribution in [3.63, 3.8) is 0 Å². The number of halogens is 1. The van der Waals surface area contributed by atoms with Crippen molar-refractivity contribution in [2.45, 2.75) is 0 Å². The Labute approximate surface area is 86.0 Å². The van der Waals surface area contributed by atoms with Crippen LogP contribution >= 0.6 is 11.6 Å². The molecule has 0 aromatic carbocycles. The molecule has 0 saturated carbocycles. The van der Waals surface area contributed by atoms with Crippen LogP contribution in [0.15, 0.2) is 18.3 Å². The number of amides is 1. The van der Waals surface area contributed by atoms with E-state index in [-0.39, 0.29) is 12.6 Å². The molecule has 0 bridgehead atoms. The van der Waals surface area contributed by atoms with Crippen LogP contribution in [0.3, 0.4) is 0 Å². The lowest BCUT2D eigenvalue weighted by atomic mass is 10.5. The molecule has 6 heteroatoms. The van der Waals surface area contributed by atoms with Gasteiger partial charge in [-0.15, -0.1) is 0 Å². The summed E-state index contributed by atoms with van der Waals surface area (Å²) in [6.07, 6.45) is 0.766. The minimum absolute atomic E-state index is 0.0897. The molecule has 1 heterocycles. The third kappa shape index (κ3) is 3.59. The molecule has 1 rings (SSSR count). The Balaban J connectivity index is 2.44. The molecular formula is C8H9ClN2O3. The smallest absolute Gasteiger partial charge is 0.391 e. The number of pyridine rings is 1. The Morgan fingerprint density at radius 1 is 1.64 bits per heavy atom. The lowest BCUT2D eigenvalue weighted by Crippen LogP contribution is -2.28. The first-order chi connectivity index (χ1) is 6.72. The summed E-state index contributed by atoms with van der Waals surface area (Å²) in [4.78, 5) is 14.7. The summed E-state index contributed by atoms with van der Waals surface area (Å²) in [6.45, 7) is 0.0897. The van der Waals surface area contributed by atoms with Crippen LogP contribution in [0.1, 0.15) is 0 Å². The van der Waals surface area contributed by atoms with Gasteiger partial charge in [-0.1, -0.05) is 11.6 Å². The third-order valence-corrected chi connectivity index (χ3v) is 1.48. The fourth-order valence-electron chi connectivity index (χ4n) is 0.685. The predicted molar refractivity (Wildman–Crippen MR) is 50.3 cm³/mol. The summed E-state index contributed by atoms with van der Waals surface area (Å²) in [7, 11) is 1.46. The number of carbonyl (C=O) groups excluding carboxylic acids is 1. The topological polar surface area (TPSA) is 60.5 Å². The first-order valence-electron chi connectivity index (χ1n) is 3.78. The first-order valence-corrected chi connectivity index (χ1v) is 4.16. The second-order valence-corrected chi connectivity index (χ2v) is 2.75. The number of methoxy groups -OCH3 is 1. The zero-order chi connectivity index (χ0) is 10.4. The van der Waals surface area contributed by atoms with Gasteiger partial charge in [0.25, 0.3) is 0 Å². The maximum absolute atomic E-state index is 11.0. The van der Waals surface area contributed by atoms with Crippen LogP contribution < -0.4 is 10.1 Å². The molecule has 0 aliphatic rings. The van der Waals surface area contributed by atoms with Gasteiger partial charge in [-0.3, -0.25) is 5.32 Å². The Kier molecular flexibility index (Phi) is 4.15. The van der Waals surface area contributed by atoms with Crippen molar-refractivity contribution in [1.82, 2.24) is 10.3 Å². The van der Waals surface area contributed by atoms with Gasteiger partial charge in [-0.05, 0) is 6.07 Å². The van der Waals surface area contributed by atoms with Gasteiger partial charge in [-0.2, -0.15) is 0 Å². The molecule has 0 saturated heterocycles. The van der Waals surface area contributed by atoms with E-state index in [0.29, 0.717) is 5.02 Å². The Hall–Kier alpha value is -1.33. The number of carbonyl (C=O) groups is 1. The molecule has 1 aromatic heterocycles. The van der Waals surface area contributed by atoms with Crippen LogP contribution in [-0.4, -0.2) is 24.9 Å². The van der Waals surface area contributed by atoms with Crippen molar-refractivity contribution in [2.24, 2.45) is 0 Å². The molecule has 1 aromatic rings. The molecule has 1 N–H and O–H groups in total. The molecule has 14 heavy (non-hydrogen) atoms. The van der Waals surface area contributed by atoms with Crippen molar-refractivity contribution in [2.75, 3.05) is 13.8 Å². The highest BCUT2D eigenvalue weighted by Crippen LogP contribution is 2.11. The summed E-state index contributed by atoms with van der Waals surface area (Å²) in [5.41, 5.74) is 0. The van der Waals surface area contributed by atoms with Gasteiger partial charge in [0.2, 0.25) is 5.88 Å².